The van der Waals surface area contributed by atoms with Gasteiger partial charge in [-0.15, -0.1) is 0 Å². The van der Waals surface area contributed by atoms with Crippen molar-refractivity contribution in [2.75, 3.05) is 6.61 Å². The summed E-state index contributed by atoms with van der Waals surface area (Å²) in [4.78, 5) is 40.7. The van der Waals surface area contributed by atoms with Crippen molar-refractivity contribution in [1.82, 2.24) is 20.0 Å². The Kier molecular flexibility index (Phi) is 5.83. The number of rotatable bonds is 7. The lowest BCUT2D eigenvalue weighted by Crippen LogP contribution is -2.32. The number of carbonyl (C=O) groups excluding carboxylic acids is 2. The van der Waals surface area contributed by atoms with Crippen molar-refractivity contribution in [2.45, 2.75) is 33.4 Å². The molecule has 0 atom stereocenters. The lowest BCUT2D eigenvalue weighted by molar-refractivity contribution is -0.121. The normalized spacial score (nSPS) is 10.8. The number of hydrogen-bond donors (Lipinski definition) is 1. The zero-order chi connectivity index (χ0) is 20.1. The second-order valence-corrected chi connectivity index (χ2v) is 6.06. The number of nitrogens with zero attached hydrogens (tertiary/aromatic N) is 3. The summed E-state index contributed by atoms with van der Waals surface area (Å²) in [6, 6.07) is 7.91. The van der Waals surface area contributed by atoms with Crippen LogP contribution in [0.15, 0.2) is 39.9 Å². The quantitative estimate of drug-likeness (QED) is 0.613. The molecule has 28 heavy (non-hydrogen) atoms. The fraction of sp³-hybridized carbons (Fsp3) is 0.316. The van der Waals surface area contributed by atoms with Crippen molar-refractivity contribution >= 4 is 23.0 Å². The maximum atomic E-state index is 12.6. The van der Waals surface area contributed by atoms with Crippen molar-refractivity contribution in [3.05, 3.63) is 57.8 Å². The Morgan fingerprint density at radius 2 is 1.89 bits per heavy atom. The number of carbonyl (C=O) groups is 2. The summed E-state index contributed by atoms with van der Waals surface area (Å²) in [6.45, 7) is 3.93. The molecule has 2 heterocycles. The Bertz CT molecular complexity index is 1050. The third kappa shape index (κ3) is 4.08. The van der Waals surface area contributed by atoms with E-state index in [2.05, 4.69) is 22.4 Å². The van der Waals surface area contributed by atoms with Gasteiger partial charge >= 0.3 is 5.97 Å². The fourth-order valence-corrected chi connectivity index (χ4v) is 2.64. The van der Waals surface area contributed by atoms with Crippen molar-refractivity contribution in [3.8, 4) is 0 Å². The molecule has 0 saturated carbocycles. The number of benzene rings is 1. The first kappa shape index (κ1) is 19.3. The van der Waals surface area contributed by atoms with E-state index in [1.807, 2.05) is 24.3 Å². The van der Waals surface area contributed by atoms with Crippen LogP contribution in [0.5, 0.6) is 0 Å². The zero-order valence-corrected chi connectivity index (χ0v) is 15.6. The highest BCUT2D eigenvalue weighted by Gasteiger charge is 2.22. The predicted molar refractivity (Wildman–Crippen MR) is 99.7 cm³/mol. The second kappa shape index (κ2) is 8.47. The largest absolute Gasteiger partial charge is 0.461 e. The van der Waals surface area contributed by atoms with Crippen LogP contribution in [0.25, 0.3) is 11.1 Å². The fourth-order valence-electron chi connectivity index (χ4n) is 2.64. The minimum Gasteiger partial charge on any atom is -0.461 e. The molecule has 9 nitrogen and oxygen atoms in total. The molecule has 9 heteroatoms. The molecule has 0 unspecified atom stereocenters. The molecule has 0 aliphatic rings. The van der Waals surface area contributed by atoms with Crippen molar-refractivity contribution in [1.29, 1.82) is 0 Å². The summed E-state index contributed by atoms with van der Waals surface area (Å²) < 4.78 is 10.9. The van der Waals surface area contributed by atoms with Gasteiger partial charge in [0.15, 0.2) is 0 Å². The Hall–Kier alpha value is -3.49. The topological polar surface area (TPSA) is 116 Å². The first-order valence-corrected chi connectivity index (χ1v) is 8.90. The number of esters is 1. The maximum absolute atomic E-state index is 12.6. The van der Waals surface area contributed by atoms with Gasteiger partial charge in [0.25, 0.3) is 11.3 Å². The zero-order valence-electron chi connectivity index (χ0n) is 15.6. The molecular weight excluding hydrogens is 364 g/mol. The average Bonchev–Trinajstić information content (AvgIpc) is 3.14. The van der Waals surface area contributed by atoms with Gasteiger partial charge in [-0.3, -0.25) is 14.2 Å². The molecule has 0 radical (unpaired) electrons. The minimum absolute atomic E-state index is 0.0827. The van der Waals surface area contributed by atoms with E-state index in [0.29, 0.717) is 6.54 Å². The summed E-state index contributed by atoms with van der Waals surface area (Å²) >= 11 is 0. The molecule has 0 aliphatic carbocycles. The van der Waals surface area contributed by atoms with Gasteiger partial charge in [-0.05, 0) is 24.5 Å². The predicted octanol–water partition coefficient (Wildman–Crippen LogP) is 1.44. The monoisotopic (exact) mass is 384 g/mol. The Morgan fingerprint density at radius 3 is 2.57 bits per heavy atom. The number of nitrogens with one attached hydrogen (secondary N) is 1. The highest BCUT2D eigenvalue weighted by Crippen LogP contribution is 2.12. The Labute approximate surface area is 160 Å². The summed E-state index contributed by atoms with van der Waals surface area (Å²) in [5.74, 6) is -1.14. The standard InChI is InChI=1S/C19H20N4O5/c1-3-12-5-7-13(8-6-12)9-20-14(24)10-23-11-21-17-15(18(23)25)16(22-28-17)19(26)27-4-2/h5-8,11H,3-4,9-10H2,1-2H3,(H,20,24). The van der Waals surface area contributed by atoms with Gasteiger partial charge in [-0.25, -0.2) is 9.78 Å². The number of fused-ring (bicyclic) bond motifs is 1. The second-order valence-electron chi connectivity index (χ2n) is 6.06. The highest BCUT2D eigenvalue weighted by atomic mass is 16.5. The summed E-state index contributed by atoms with van der Waals surface area (Å²) in [5, 5.41) is 6.21. The SMILES string of the molecule is CCOC(=O)c1noc2ncn(CC(=O)NCc3ccc(CC)cc3)c(=O)c12. The van der Waals surface area contributed by atoms with Gasteiger partial charge in [0.2, 0.25) is 11.6 Å². The van der Waals surface area contributed by atoms with Crippen LogP contribution < -0.4 is 10.9 Å². The molecule has 0 saturated heterocycles. The van der Waals surface area contributed by atoms with E-state index in [4.69, 9.17) is 9.26 Å². The molecule has 146 valence electrons. The van der Waals surface area contributed by atoms with Crippen LogP contribution in [0.1, 0.15) is 35.5 Å². The van der Waals surface area contributed by atoms with E-state index in [-0.39, 0.29) is 35.9 Å². The van der Waals surface area contributed by atoms with Crippen LogP contribution in [0.4, 0.5) is 0 Å². The Balaban J connectivity index is 1.73. The third-order valence-electron chi connectivity index (χ3n) is 4.17. The van der Waals surface area contributed by atoms with E-state index in [9.17, 15) is 14.4 Å². The van der Waals surface area contributed by atoms with Gasteiger partial charge in [0.05, 0.1) is 6.61 Å². The molecule has 1 aromatic carbocycles. The Morgan fingerprint density at radius 1 is 1.18 bits per heavy atom. The molecule has 2 aromatic heterocycles. The lowest BCUT2D eigenvalue weighted by atomic mass is 10.1. The van der Waals surface area contributed by atoms with E-state index < -0.39 is 11.5 Å². The van der Waals surface area contributed by atoms with E-state index in [0.717, 1.165) is 16.6 Å². The molecular formula is C19H20N4O5. The number of aromatic nitrogens is 3. The van der Waals surface area contributed by atoms with E-state index in [1.54, 1.807) is 6.92 Å². The maximum Gasteiger partial charge on any atom is 0.361 e. The molecule has 3 rings (SSSR count). The van der Waals surface area contributed by atoms with Gasteiger partial charge in [0, 0.05) is 6.54 Å². The average molecular weight is 384 g/mol. The molecule has 0 spiro atoms. The molecule has 1 amide bonds. The summed E-state index contributed by atoms with van der Waals surface area (Å²) in [5.41, 5.74) is 1.24. The van der Waals surface area contributed by atoms with Gasteiger partial charge in [-0.1, -0.05) is 36.3 Å². The van der Waals surface area contributed by atoms with E-state index in [1.165, 1.54) is 11.9 Å². The number of hydrogen-bond acceptors (Lipinski definition) is 7. The van der Waals surface area contributed by atoms with Crippen LogP contribution in [-0.4, -0.2) is 33.2 Å². The van der Waals surface area contributed by atoms with Crippen molar-refractivity contribution in [2.24, 2.45) is 0 Å². The van der Waals surface area contributed by atoms with Gasteiger partial charge in [0.1, 0.15) is 18.3 Å². The van der Waals surface area contributed by atoms with Crippen LogP contribution in [-0.2, 0) is 29.0 Å². The van der Waals surface area contributed by atoms with Crippen LogP contribution in [0.3, 0.4) is 0 Å². The summed E-state index contributed by atoms with van der Waals surface area (Å²) in [6.07, 6.45) is 2.13. The molecule has 0 bridgehead atoms. The van der Waals surface area contributed by atoms with Gasteiger partial charge in [-0.2, -0.15) is 0 Å². The number of aryl methyl sites for hydroxylation is 1. The van der Waals surface area contributed by atoms with Crippen LogP contribution in [0.2, 0.25) is 0 Å². The third-order valence-corrected chi connectivity index (χ3v) is 4.17. The van der Waals surface area contributed by atoms with Crippen LogP contribution >= 0.6 is 0 Å². The summed E-state index contributed by atoms with van der Waals surface area (Å²) in [7, 11) is 0. The lowest BCUT2D eigenvalue weighted by Gasteiger charge is -2.08. The molecule has 0 fully saturated rings. The minimum atomic E-state index is -0.780. The number of amides is 1. The van der Waals surface area contributed by atoms with Crippen molar-refractivity contribution < 1.29 is 18.8 Å². The molecule has 0 aliphatic heterocycles. The molecule has 3 aromatic rings. The smallest absolute Gasteiger partial charge is 0.361 e. The van der Waals surface area contributed by atoms with Crippen LogP contribution in [0, 0.1) is 0 Å². The number of ether oxygens (including phenoxy) is 1. The highest BCUT2D eigenvalue weighted by molar-refractivity contribution is 5.99. The van der Waals surface area contributed by atoms with Gasteiger partial charge < -0.3 is 14.6 Å². The van der Waals surface area contributed by atoms with Crippen molar-refractivity contribution in [3.63, 3.8) is 0 Å². The van der Waals surface area contributed by atoms with E-state index >= 15 is 0 Å². The first-order valence-electron chi connectivity index (χ1n) is 8.90. The molecule has 1 N–H and O–H groups in total. The first-order chi connectivity index (χ1) is 13.5.